The Balaban J connectivity index is 0.00000244. The van der Waals surface area contributed by atoms with Crippen LogP contribution >= 0.6 is 11.6 Å². The van der Waals surface area contributed by atoms with Gasteiger partial charge in [0.2, 0.25) is 6.93 Å². The van der Waals surface area contributed by atoms with E-state index in [4.69, 9.17) is 30.6 Å². The molecule has 8 heteroatoms. The van der Waals surface area contributed by atoms with Gasteiger partial charge in [0.15, 0.2) is 0 Å². The Labute approximate surface area is 250 Å². The maximum Gasteiger partial charge on any atom is 0.229 e. The molecule has 2 rings (SSSR count). The Hall–Kier alpha value is -3.32. The lowest BCUT2D eigenvalue weighted by Crippen LogP contribution is -2.21. The van der Waals surface area contributed by atoms with Crippen molar-refractivity contribution in [3.63, 3.8) is 0 Å². The van der Waals surface area contributed by atoms with Gasteiger partial charge < -0.3 is 23.9 Å². The van der Waals surface area contributed by atoms with Crippen molar-refractivity contribution >= 4 is 23.6 Å². The largest absolute Gasteiger partial charge is 0.497 e. The third-order valence-corrected chi connectivity index (χ3v) is 5.80. The maximum atomic E-state index is 9.62. The highest BCUT2D eigenvalue weighted by Crippen LogP contribution is 2.32. The lowest BCUT2D eigenvalue weighted by atomic mass is 10.1. The molecule has 2 aromatic rings. The van der Waals surface area contributed by atoms with Crippen LogP contribution in [-0.4, -0.2) is 31.8 Å². The van der Waals surface area contributed by atoms with Gasteiger partial charge in [0.25, 0.3) is 0 Å². The number of allylic oxidation sites excluding steroid dienone is 4. The van der Waals surface area contributed by atoms with E-state index in [2.05, 4.69) is 43.5 Å². The summed E-state index contributed by atoms with van der Waals surface area (Å²) in [6.45, 7) is 15.2. The normalized spacial score (nSPS) is 12.2. The number of hydrogen-bond donors (Lipinski definition) is 0. The van der Waals surface area contributed by atoms with Crippen molar-refractivity contribution in [2.45, 2.75) is 79.0 Å². The van der Waals surface area contributed by atoms with Crippen LogP contribution in [0, 0.1) is 0 Å². The van der Waals surface area contributed by atoms with Crippen LogP contribution in [0.5, 0.6) is 11.5 Å². The van der Waals surface area contributed by atoms with E-state index in [0.717, 1.165) is 52.5 Å². The van der Waals surface area contributed by atoms with Gasteiger partial charge in [-0.1, -0.05) is 37.8 Å². The fourth-order valence-electron chi connectivity index (χ4n) is 3.49. The molecule has 0 aliphatic rings. The number of ether oxygens (including phenoxy) is 3. The summed E-state index contributed by atoms with van der Waals surface area (Å²) in [5.74, 6) is 2.57. The van der Waals surface area contributed by atoms with Crippen LogP contribution in [0.2, 0.25) is 0 Å². The summed E-state index contributed by atoms with van der Waals surface area (Å²) < 4.78 is 37.0. The summed E-state index contributed by atoms with van der Waals surface area (Å²) in [5, 5.41) is -0.000455. The van der Waals surface area contributed by atoms with Crippen LogP contribution < -0.4 is 14.4 Å². The van der Waals surface area contributed by atoms with Crippen molar-refractivity contribution < 1.29 is 27.8 Å². The van der Waals surface area contributed by atoms with Gasteiger partial charge in [0.1, 0.15) is 24.4 Å². The Bertz CT molecular complexity index is 1090. The van der Waals surface area contributed by atoms with E-state index in [-0.39, 0.29) is 11.5 Å². The third kappa shape index (κ3) is 15.9. The first-order valence-corrected chi connectivity index (χ1v) is 14.0. The number of benzene rings is 2. The average Bonchev–Trinajstić information content (AvgIpc) is 2.94. The minimum absolute atomic E-state index is 0.000455. The second-order valence-corrected chi connectivity index (χ2v) is 9.68. The molecule has 0 aromatic heterocycles. The Morgan fingerprint density at radius 2 is 1.78 bits per heavy atom. The molecule has 41 heavy (non-hydrogen) atoms. The molecule has 2 aromatic carbocycles. The number of rotatable bonds is 14. The van der Waals surface area contributed by atoms with Gasteiger partial charge >= 0.3 is 0 Å². The summed E-state index contributed by atoms with van der Waals surface area (Å²) in [5.41, 5.74) is 4.12. The summed E-state index contributed by atoms with van der Waals surface area (Å²) >= 11 is 6.02. The van der Waals surface area contributed by atoms with Gasteiger partial charge in [0.05, 0.1) is 24.7 Å². The monoisotopic (exact) mass is 593 g/mol. The summed E-state index contributed by atoms with van der Waals surface area (Å²) in [7, 11) is 1.68. The molecule has 0 amide bonds. The molecule has 2 atom stereocenters. The third-order valence-electron chi connectivity index (χ3n) is 5.65. The standard InChI is InChI=1S/C30H40ClNO3.C2H4O.CH2F2/c1-8-24(6)35-29-15-11-13-25(18-29)20-32(22(3)4)30-19-28(33-7)17-16-26(30)21-34-27(9-2)14-10-12-23(5)31;1-2-3;2-1-3/h9-13,15-19,23-24H,3,8,14,20-21H2,1-2,4-7H3;2H,1H3;1H2/b12-10-,27-9+;;. The first kappa shape index (κ1) is 37.7. The van der Waals surface area contributed by atoms with E-state index in [0.29, 0.717) is 19.6 Å². The number of halogens is 3. The number of hydrogen-bond acceptors (Lipinski definition) is 5. The highest BCUT2D eigenvalue weighted by atomic mass is 35.5. The number of nitrogens with zero attached hydrogens (tertiary/aromatic N) is 1. The molecular weight excluding hydrogens is 548 g/mol. The Morgan fingerprint density at radius 1 is 1.12 bits per heavy atom. The van der Waals surface area contributed by atoms with Crippen molar-refractivity contribution in [3.8, 4) is 11.5 Å². The molecule has 0 heterocycles. The zero-order valence-corrected chi connectivity index (χ0v) is 26.2. The van der Waals surface area contributed by atoms with Crippen LogP contribution in [-0.2, 0) is 22.7 Å². The van der Waals surface area contributed by atoms with Gasteiger partial charge in [-0.25, -0.2) is 8.78 Å². The lowest BCUT2D eigenvalue weighted by Gasteiger charge is -2.28. The summed E-state index contributed by atoms with van der Waals surface area (Å²) in [6.07, 6.45) is 8.58. The summed E-state index contributed by atoms with van der Waals surface area (Å²) in [4.78, 5) is 11.0. The molecule has 228 valence electrons. The van der Waals surface area contributed by atoms with Gasteiger partial charge in [-0.3, -0.25) is 0 Å². The van der Waals surface area contributed by atoms with E-state index in [1.165, 1.54) is 6.92 Å². The van der Waals surface area contributed by atoms with E-state index >= 15 is 0 Å². The highest BCUT2D eigenvalue weighted by molar-refractivity contribution is 6.21. The van der Waals surface area contributed by atoms with E-state index in [1.54, 1.807) is 7.11 Å². The molecule has 0 saturated carbocycles. The molecule has 0 radical (unpaired) electrons. The van der Waals surface area contributed by atoms with Crippen molar-refractivity contribution in [2.24, 2.45) is 0 Å². The number of alkyl halides is 3. The quantitative estimate of drug-likeness (QED) is 0.0944. The van der Waals surface area contributed by atoms with Crippen LogP contribution in [0.4, 0.5) is 14.5 Å². The zero-order chi connectivity index (χ0) is 31.2. The number of carbonyl (C=O) groups excluding carboxylic acids is 1. The molecule has 0 saturated heterocycles. The molecule has 2 unspecified atom stereocenters. The number of aldehydes is 1. The van der Waals surface area contributed by atoms with Crippen molar-refractivity contribution in [2.75, 3.05) is 18.9 Å². The van der Waals surface area contributed by atoms with Gasteiger partial charge in [-0.05, 0) is 76.9 Å². The van der Waals surface area contributed by atoms with E-state index < -0.39 is 6.93 Å². The van der Waals surface area contributed by atoms with Crippen LogP contribution in [0.1, 0.15) is 65.5 Å². The Kier molecular flexibility index (Phi) is 20.6. The number of carbonyl (C=O) groups is 1. The number of anilines is 1. The van der Waals surface area contributed by atoms with Crippen LogP contribution in [0.15, 0.2) is 78.7 Å². The van der Waals surface area contributed by atoms with Crippen LogP contribution in [0.25, 0.3) is 0 Å². The van der Waals surface area contributed by atoms with Crippen molar-refractivity contribution in [1.29, 1.82) is 0 Å². The smallest absolute Gasteiger partial charge is 0.229 e. The van der Waals surface area contributed by atoms with E-state index in [1.807, 2.05) is 63.3 Å². The fraction of sp³-hybridized carbons (Fsp3) is 0.424. The first-order chi connectivity index (χ1) is 19.6. The van der Waals surface area contributed by atoms with Crippen molar-refractivity contribution in [1.82, 2.24) is 0 Å². The first-order valence-electron chi connectivity index (χ1n) is 13.6. The minimum Gasteiger partial charge on any atom is -0.497 e. The molecule has 0 aliphatic heterocycles. The predicted molar refractivity (Wildman–Crippen MR) is 167 cm³/mol. The lowest BCUT2D eigenvalue weighted by molar-refractivity contribution is -0.106. The number of methoxy groups -OCH3 is 1. The van der Waals surface area contributed by atoms with Gasteiger partial charge in [0, 0.05) is 35.7 Å². The Morgan fingerprint density at radius 3 is 2.32 bits per heavy atom. The van der Waals surface area contributed by atoms with Gasteiger partial charge in [-0.2, -0.15) is 0 Å². The van der Waals surface area contributed by atoms with Crippen LogP contribution in [0.3, 0.4) is 0 Å². The zero-order valence-electron chi connectivity index (χ0n) is 25.5. The molecule has 0 spiro atoms. The second kappa shape index (κ2) is 22.4. The fourth-order valence-corrected chi connectivity index (χ4v) is 3.59. The SMILES string of the molecule is C=C(C)N(Cc1cccc(OC(C)CC)c1)c1cc(OC)ccc1CO/C(=C/C)C/C=C\C(C)Cl.CC=O.FCF. The van der Waals surface area contributed by atoms with Crippen molar-refractivity contribution in [3.05, 3.63) is 89.9 Å². The highest BCUT2D eigenvalue weighted by Gasteiger charge is 2.16. The molecule has 5 nitrogen and oxygen atoms in total. The topological polar surface area (TPSA) is 48.0 Å². The molecule has 0 N–H and O–H groups in total. The molecular formula is C33H46ClF2NO4. The molecule has 0 aliphatic carbocycles. The summed E-state index contributed by atoms with van der Waals surface area (Å²) in [6, 6.07) is 14.3. The minimum atomic E-state index is -1.75. The van der Waals surface area contributed by atoms with E-state index in [9.17, 15) is 8.78 Å². The second-order valence-electron chi connectivity index (χ2n) is 8.99. The molecule has 0 bridgehead atoms. The van der Waals surface area contributed by atoms with Gasteiger partial charge in [-0.15, -0.1) is 11.6 Å². The predicted octanol–water partition coefficient (Wildman–Crippen LogP) is 9.49. The average molecular weight is 594 g/mol. The molecule has 0 fully saturated rings. The maximum absolute atomic E-state index is 9.62.